The molecule has 0 aromatic heterocycles. The Hall–Kier alpha value is -2.90. The highest BCUT2D eigenvalue weighted by Crippen LogP contribution is 2.37. The van der Waals surface area contributed by atoms with Gasteiger partial charge in [0.2, 0.25) is 23.6 Å². The van der Waals surface area contributed by atoms with Crippen LogP contribution in [0.15, 0.2) is 24.3 Å². The second-order valence-corrected chi connectivity index (χ2v) is 7.29. The average molecular weight is 387 g/mol. The molecule has 0 spiro atoms. The van der Waals surface area contributed by atoms with Gasteiger partial charge in [-0.05, 0) is 37.1 Å². The van der Waals surface area contributed by atoms with Crippen LogP contribution < -0.4 is 10.1 Å². The lowest BCUT2D eigenvalue weighted by Crippen LogP contribution is -2.44. The van der Waals surface area contributed by atoms with Crippen molar-refractivity contribution in [3.05, 3.63) is 24.3 Å². The molecule has 1 aliphatic carbocycles. The molecule has 150 valence electrons. The molecule has 1 saturated carbocycles. The fourth-order valence-electron chi connectivity index (χ4n) is 3.82. The first kappa shape index (κ1) is 19.9. The number of benzene rings is 1. The second kappa shape index (κ2) is 8.41. The minimum atomic E-state index is -0.440. The van der Waals surface area contributed by atoms with E-state index in [4.69, 9.17) is 4.74 Å². The van der Waals surface area contributed by atoms with Crippen molar-refractivity contribution in [1.82, 2.24) is 9.80 Å². The molecule has 1 aromatic carbocycles. The Kier molecular flexibility index (Phi) is 5.96. The molecule has 0 unspecified atom stereocenters. The Bertz CT molecular complexity index is 753. The maximum absolute atomic E-state index is 12.5. The summed E-state index contributed by atoms with van der Waals surface area (Å²) in [6.45, 7) is -0.481. The molecule has 8 heteroatoms. The molecule has 1 heterocycles. The van der Waals surface area contributed by atoms with Crippen LogP contribution in [-0.4, -0.2) is 60.7 Å². The summed E-state index contributed by atoms with van der Waals surface area (Å²) < 4.78 is 5.06. The number of hydrogen-bond acceptors (Lipinski definition) is 5. The minimum Gasteiger partial charge on any atom is -0.497 e. The predicted molar refractivity (Wildman–Crippen MR) is 101 cm³/mol. The summed E-state index contributed by atoms with van der Waals surface area (Å²) in [7, 11) is 3.03. The number of rotatable bonds is 6. The fourth-order valence-corrected chi connectivity index (χ4v) is 3.82. The van der Waals surface area contributed by atoms with Crippen LogP contribution in [0.25, 0.3) is 0 Å². The van der Waals surface area contributed by atoms with Crippen molar-refractivity contribution >= 4 is 29.3 Å². The topological polar surface area (TPSA) is 96.0 Å². The molecule has 1 saturated heterocycles. The van der Waals surface area contributed by atoms with Crippen LogP contribution in [0.1, 0.15) is 25.7 Å². The molecule has 2 aliphatic rings. The molecule has 28 heavy (non-hydrogen) atoms. The highest BCUT2D eigenvalue weighted by Gasteiger charge is 2.48. The van der Waals surface area contributed by atoms with Crippen molar-refractivity contribution in [2.75, 3.05) is 32.6 Å². The lowest BCUT2D eigenvalue weighted by Gasteiger charge is -2.20. The predicted octanol–water partition coefficient (Wildman–Crippen LogP) is 1.27. The molecular weight excluding hydrogens is 362 g/mol. The van der Waals surface area contributed by atoms with Crippen molar-refractivity contribution < 1.29 is 23.9 Å². The highest BCUT2D eigenvalue weighted by molar-refractivity contribution is 6.07. The molecule has 2 fully saturated rings. The Morgan fingerprint density at radius 2 is 1.68 bits per heavy atom. The third-order valence-corrected chi connectivity index (χ3v) is 5.41. The zero-order valence-corrected chi connectivity index (χ0v) is 16.1. The summed E-state index contributed by atoms with van der Waals surface area (Å²) in [5.41, 5.74) is 0.584. The van der Waals surface area contributed by atoms with Crippen LogP contribution in [0.3, 0.4) is 0 Å². The van der Waals surface area contributed by atoms with Gasteiger partial charge in [0.05, 0.1) is 25.5 Å². The van der Waals surface area contributed by atoms with Gasteiger partial charge in [0.1, 0.15) is 12.3 Å². The first-order valence-corrected chi connectivity index (χ1v) is 9.44. The summed E-state index contributed by atoms with van der Waals surface area (Å²) in [5, 5.41) is 2.69. The molecule has 4 amide bonds. The van der Waals surface area contributed by atoms with E-state index in [1.165, 1.54) is 11.9 Å². The molecular formula is C20H25N3O5. The van der Waals surface area contributed by atoms with Gasteiger partial charge in [-0.2, -0.15) is 0 Å². The van der Waals surface area contributed by atoms with Gasteiger partial charge < -0.3 is 15.0 Å². The smallest absolute Gasteiger partial charge is 0.243 e. The third-order valence-electron chi connectivity index (χ3n) is 5.41. The van der Waals surface area contributed by atoms with E-state index < -0.39 is 5.91 Å². The van der Waals surface area contributed by atoms with Gasteiger partial charge in [-0.1, -0.05) is 12.8 Å². The standard InChI is InChI=1S/C20H25N3O5/c1-22(11-17(24)21-13-7-9-14(28-2)10-8-13)18(25)12-23-19(26)15-5-3-4-6-16(15)20(23)27/h7-10,15-16H,3-6,11-12H2,1-2H3,(H,21,24)/t15-,16-/m0/s1. The number of likely N-dealkylation sites (tertiary alicyclic amines) is 1. The van der Waals surface area contributed by atoms with Crippen molar-refractivity contribution in [3.63, 3.8) is 0 Å². The number of carbonyl (C=O) groups is 4. The molecule has 1 aliphatic heterocycles. The Labute approximate surface area is 163 Å². The van der Waals surface area contributed by atoms with Crippen molar-refractivity contribution in [2.24, 2.45) is 11.8 Å². The van der Waals surface area contributed by atoms with Gasteiger partial charge in [-0.3, -0.25) is 24.1 Å². The third kappa shape index (κ3) is 4.16. The van der Waals surface area contributed by atoms with Crippen molar-refractivity contribution in [2.45, 2.75) is 25.7 Å². The monoisotopic (exact) mass is 387 g/mol. The minimum absolute atomic E-state index is 0.173. The molecule has 0 bridgehead atoms. The van der Waals surface area contributed by atoms with E-state index in [2.05, 4.69) is 5.32 Å². The largest absolute Gasteiger partial charge is 0.497 e. The maximum atomic E-state index is 12.5. The van der Waals surface area contributed by atoms with Crippen LogP contribution >= 0.6 is 0 Å². The molecule has 8 nitrogen and oxygen atoms in total. The quantitative estimate of drug-likeness (QED) is 0.742. The summed E-state index contributed by atoms with van der Waals surface area (Å²) in [5.74, 6) is -1.20. The van der Waals surface area contributed by atoms with Gasteiger partial charge >= 0.3 is 0 Å². The van der Waals surface area contributed by atoms with Crippen LogP contribution in [0.2, 0.25) is 0 Å². The van der Waals surface area contributed by atoms with Crippen LogP contribution in [0.5, 0.6) is 5.75 Å². The lowest BCUT2D eigenvalue weighted by molar-refractivity contribution is -0.146. The van der Waals surface area contributed by atoms with Crippen LogP contribution in [0.4, 0.5) is 5.69 Å². The number of imide groups is 1. The number of carbonyl (C=O) groups excluding carboxylic acids is 4. The van der Waals surface area contributed by atoms with E-state index in [0.29, 0.717) is 24.3 Å². The molecule has 3 rings (SSSR count). The van der Waals surface area contributed by atoms with Gasteiger partial charge in [-0.15, -0.1) is 0 Å². The number of fused-ring (bicyclic) bond motifs is 1. The van der Waals surface area contributed by atoms with Gasteiger partial charge in [0.25, 0.3) is 0 Å². The van der Waals surface area contributed by atoms with Crippen molar-refractivity contribution in [1.29, 1.82) is 0 Å². The van der Waals surface area contributed by atoms with Gasteiger partial charge in [0.15, 0.2) is 0 Å². The number of amides is 4. The van der Waals surface area contributed by atoms with Crippen LogP contribution in [0, 0.1) is 11.8 Å². The van der Waals surface area contributed by atoms with Gasteiger partial charge in [0, 0.05) is 12.7 Å². The first-order chi connectivity index (χ1) is 13.4. The number of ether oxygens (including phenoxy) is 1. The molecule has 0 radical (unpaired) electrons. The zero-order valence-electron chi connectivity index (χ0n) is 16.1. The lowest BCUT2D eigenvalue weighted by atomic mass is 9.81. The maximum Gasteiger partial charge on any atom is 0.243 e. The van der Waals surface area contributed by atoms with Crippen LogP contribution in [-0.2, 0) is 19.2 Å². The Morgan fingerprint density at radius 1 is 1.11 bits per heavy atom. The highest BCUT2D eigenvalue weighted by atomic mass is 16.5. The fraction of sp³-hybridized carbons (Fsp3) is 0.500. The normalized spacial score (nSPS) is 21.3. The number of hydrogen-bond donors (Lipinski definition) is 1. The summed E-state index contributed by atoms with van der Waals surface area (Å²) >= 11 is 0. The van der Waals surface area contributed by atoms with Crippen molar-refractivity contribution in [3.8, 4) is 5.75 Å². The first-order valence-electron chi connectivity index (χ1n) is 9.44. The number of nitrogens with zero attached hydrogens (tertiary/aromatic N) is 2. The van der Waals surface area contributed by atoms with Gasteiger partial charge in [-0.25, -0.2) is 0 Å². The summed E-state index contributed by atoms with van der Waals surface area (Å²) in [4.78, 5) is 51.9. The van der Waals surface area contributed by atoms with E-state index in [-0.39, 0.29) is 42.6 Å². The van der Waals surface area contributed by atoms with E-state index in [1.54, 1.807) is 31.4 Å². The SMILES string of the molecule is COc1ccc(NC(=O)CN(C)C(=O)CN2C(=O)[C@H]3CCCC[C@@H]3C2=O)cc1. The number of anilines is 1. The second-order valence-electron chi connectivity index (χ2n) is 7.29. The van der Waals surface area contributed by atoms with E-state index in [0.717, 1.165) is 17.7 Å². The average Bonchev–Trinajstić information content (AvgIpc) is 2.93. The molecule has 2 atom stereocenters. The number of likely N-dealkylation sites (N-methyl/N-ethyl adjacent to an activating group) is 1. The summed E-state index contributed by atoms with van der Waals surface area (Å²) in [6.07, 6.45) is 3.29. The number of nitrogens with one attached hydrogen (secondary N) is 1. The van der Waals surface area contributed by atoms with E-state index in [1.807, 2.05) is 0 Å². The Balaban J connectivity index is 1.53. The number of methoxy groups -OCH3 is 1. The zero-order chi connectivity index (χ0) is 20.3. The van der Waals surface area contributed by atoms with E-state index in [9.17, 15) is 19.2 Å². The Morgan fingerprint density at radius 3 is 2.21 bits per heavy atom. The molecule has 1 N–H and O–H groups in total. The molecule has 1 aromatic rings. The summed E-state index contributed by atoms with van der Waals surface area (Å²) in [6, 6.07) is 6.83. The van der Waals surface area contributed by atoms with E-state index >= 15 is 0 Å².